The molecule has 0 fully saturated rings. The Morgan fingerprint density at radius 2 is 2.22 bits per heavy atom. The van der Waals surface area contributed by atoms with Gasteiger partial charge in [-0.2, -0.15) is 0 Å². The Morgan fingerprint density at radius 1 is 1.28 bits per heavy atom. The predicted octanol–water partition coefficient (Wildman–Crippen LogP) is 3.95. The van der Waals surface area contributed by atoms with E-state index in [-0.39, 0.29) is 0 Å². The maximum Gasteiger partial charge on any atom is 0.144 e. The number of hydrogen-bond acceptors (Lipinski definition) is 3. The molecule has 0 spiro atoms. The quantitative estimate of drug-likeness (QED) is 0.882. The van der Waals surface area contributed by atoms with Crippen LogP contribution in [0.15, 0.2) is 41.0 Å². The van der Waals surface area contributed by atoms with E-state index >= 15 is 0 Å². The minimum Gasteiger partial charge on any atom is -0.385 e. The molecule has 3 nitrogen and oxygen atoms in total. The highest BCUT2D eigenvalue weighted by Gasteiger charge is 2.09. The molecule has 0 amide bonds. The molecule has 92 valence electrons. The summed E-state index contributed by atoms with van der Waals surface area (Å²) in [5.41, 5.74) is 3.71. The molecule has 2 N–H and O–H groups in total. The molecular weight excluding hydrogens is 290 g/mol. The van der Waals surface area contributed by atoms with E-state index in [1.54, 1.807) is 6.20 Å². The van der Waals surface area contributed by atoms with E-state index < -0.39 is 0 Å². The van der Waals surface area contributed by atoms with E-state index in [2.05, 4.69) is 49.7 Å². The molecule has 0 aliphatic carbocycles. The van der Waals surface area contributed by atoms with Crippen LogP contribution in [0.4, 0.5) is 17.2 Å². The zero-order valence-corrected chi connectivity index (χ0v) is 11.5. The van der Waals surface area contributed by atoms with Crippen molar-refractivity contribution in [3.05, 3.63) is 46.6 Å². The molecule has 0 saturated heterocycles. The van der Waals surface area contributed by atoms with Gasteiger partial charge in [0, 0.05) is 24.1 Å². The summed E-state index contributed by atoms with van der Waals surface area (Å²) >= 11 is 3.49. The first-order valence-electron chi connectivity index (χ1n) is 6.07. The number of halogens is 1. The summed E-state index contributed by atoms with van der Waals surface area (Å²) in [4.78, 5) is 4.31. The summed E-state index contributed by atoms with van der Waals surface area (Å²) in [7, 11) is 0. The van der Waals surface area contributed by atoms with Crippen LogP contribution >= 0.6 is 15.9 Å². The molecule has 1 aliphatic rings. The lowest BCUT2D eigenvalue weighted by Gasteiger charge is -2.19. The van der Waals surface area contributed by atoms with Gasteiger partial charge in [0.25, 0.3) is 0 Å². The van der Waals surface area contributed by atoms with E-state index in [1.165, 1.54) is 17.7 Å². The third-order valence-electron chi connectivity index (χ3n) is 3.06. The third-order valence-corrected chi connectivity index (χ3v) is 3.70. The maximum atomic E-state index is 4.31. The first-order valence-corrected chi connectivity index (χ1v) is 6.86. The molecule has 0 atom stereocenters. The molecule has 1 aromatic heterocycles. The molecule has 0 saturated carbocycles. The van der Waals surface area contributed by atoms with Crippen molar-refractivity contribution < 1.29 is 0 Å². The van der Waals surface area contributed by atoms with Crippen molar-refractivity contribution in [2.24, 2.45) is 0 Å². The molecule has 4 heteroatoms. The number of aryl methyl sites for hydroxylation is 1. The van der Waals surface area contributed by atoms with Crippen molar-refractivity contribution in [3.8, 4) is 0 Å². The van der Waals surface area contributed by atoms with Gasteiger partial charge in [-0.25, -0.2) is 4.98 Å². The standard InChI is InChI=1S/C14H14BrN3/c15-12-4-2-8-17-14(12)18-11-5-6-13-10(9-11)3-1-7-16-13/h2,4-6,8-9,16H,1,3,7H2,(H,17,18). The van der Waals surface area contributed by atoms with Crippen LogP contribution < -0.4 is 10.6 Å². The summed E-state index contributed by atoms with van der Waals surface area (Å²) < 4.78 is 0.973. The maximum absolute atomic E-state index is 4.31. The highest BCUT2D eigenvalue weighted by atomic mass is 79.9. The van der Waals surface area contributed by atoms with Crippen LogP contribution in [-0.2, 0) is 6.42 Å². The summed E-state index contributed by atoms with van der Waals surface area (Å²) in [6, 6.07) is 10.3. The van der Waals surface area contributed by atoms with Crippen molar-refractivity contribution in [2.75, 3.05) is 17.2 Å². The Morgan fingerprint density at radius 3 is 3.11 bits per heavy atom. The van der Waals surface area contributed by atoms with Crippen molar-refractivity contribution in [1.82, 2.24) is 4.98 Å². The number of nitrogens with one attached hydrogen (secondary N) is 2. The number of aromatic nitrogens is 1. The van der Waals surface area contributed by atoms with Gasteiger partial charge in [-0.15, -0.1) is 0 Å². The summed E-state index contributed by atoms with van der Waals surface area (Å²) in [5.74, 6) is 0.848. The predicted molar refractivity (Wildman–Crippen MR) is 78.5 cm³/mol. The van der Waals surface area contributed by atoms with Gasteiger partial charge in [-0.3, -0.25) is 0 Å². The lowest BCUT2D eigenvalue weighted by atomic mass is 10.0. The van der Waals surface area contributed by atoms with Crippen LogP contribution in [0.5, 0.6) is 0 Å². The van der Waals surface area contributed by atoms with Crippen LogP contribution in [0.25, 0.3) is 0 Å². The van der Waals surface area contributed by atoms with Gasteiger partial charge in [0.15, 0.2) is 0 Å². The van der Waals surface area contributed by atoms with Crippen molar-refractivity contribution >= 4 is 33.1 Å². The van der Waals surface area contributed by atoms with Crippen LogP contribution in [0.3, 0.4) is 0 Å². The molecule has 1 aliphatic heterocycles. The van der Waals surface area contributed by atoms with Crippen LogP contribution in [0.1, 0.15) is 12.0 Å². The number of rotatable bonds is 2. The van der Waals surface area contributed by atoms with Gasteiger partial charge in [0.2, 0.25) is 0 Å². The molecular formula is C14H14BrN3. The number of fused-ring (bicyclic) bond motifs is 1. The summed E-state index contributed by atoms with van der Waals surface area (Å²) in [5, 5.41) is 6.75. The highest BCUT2D eigenvalue weighted by molar-refractivity contribution is 9.10. The molecule has 3 rings (SSSR count). The van der Waals surface area contributed by atoms with Gasteiger partial charge in [0.05, 0.1) is 4.47 Å². The Bertz CT molecular complexity index is 569. The zero-order chi connectivity index (χ0) is 12.4. The Kier molecular flexibility index (Phi) is 3.19. The van der Waals surface area contributed by atoms with Crippen molar-refractivity contribution in [3.63, 3.8) is 0 Å². The van der Waals surface area contributed by atoms with Crippen LogP contribution in [0, 0.1) is 0 Å². The fourth-order valence-corrected chi connectivity index (χ4v) is 2.52. The van der Waals surface area contributed by atoms with Gasteiger partial charge in [-0.1, -0.05) is 0 Å². The Balaban J connectivity index is 1.87. The molecule has 0 unspecified atom stereocenters. The molecule has 2 aromatic rings. The molecule has 0 bridgehead atoms. The monoisotopic (exact) mass is 303 g/mol. The summed E-state index contributed by atoms with van der Waals surface area (Å²) in [6.45, 7) is 1.07. The number of benzene rings is 1. The molecule has 18 heavy (non-hydrogen) atoms. The topological polar surface area (TPSA) is 37.0 Å². The normalized spacial score (nSPS) is 13.6. The molecule has 2 heterocycles. The molecule has 1 aromatic carbocycles. The minimum atomic E-state index is 0.848. The van der Waals surface area contributed by atoms with Crippen LogP contribution in [0.2, 0.25) is 0 Å². The van der Waals surface area contributed by atoms with Crippen LogP contribution in [-0.4, -0.2) is 11.5 Å². The average Bonchev–Trinajstić information content (AvgIpc) is 2.41. The van der Waals surface area contributed by atoms with E-state index in [4.69, 9.17) is 0 Å². The fourth-order valence-electron chi connectivity index (χ4n) is 2.17. The number of pyridine rings is 1. The number of hydrogen-bond donors (Lipinski definition) is 2. The second-order valence-electron chi connectivity index (χ2n) is 4.36. The van der Waals surface area contributed by atoms with Crippen molar-refractivity contribution in [1.29, 1.82) is 0 Å². The second-order valence-corrected chi connectivity index (χ2v) is 5.22. The molecule has 0 radical (unpaired) electrons. The van der Waals surface area contributed by atoms with Crippen molar-refractivity contribution in [2.45, 2.75) is 12.8 Å². The van der Waals surface area contributed by atoms with E-state index in [1.807, 2.05) is 12.1 Å². The number of nitrogens with zero attached hydrogens (tertiary/aromatic N) is 1. The minimum absolute atomic E-state index is 0.848. The van der Waals surface area contributed by atoms with Gasteiger partial charge < -0.3 is 10.6 Å². The van der Waals surface area contributed by atoms with E-state index in [0.717, 1.165) is 28.9 Å². The smallest absolute Gasteiger partial charge is 0.144 e. The van der Waals surface area contributed by atoms with Gasteiger partial charge in [0.1, 0.15) is 5.82 Å². The first-order chi connectivity index (χ1) is 8.83. The third kappa shape index (κ3) is 2.34. The lowest BCUT2D eigenvalue weighted by molar-refractivity contribution is 0.830. The average molecular weight is 304 g/mol. The Hall–Kier alpha value is -1.55. The highest BCUT2D eigenvalue weighted by Crippen LogP contribution is 2.28. The second kappa shape index (κ2) is 4.98. The summed E-state index contributed by atoms with van der Waals surface area (Å²) in [6.07, 6.45) is 4.12. The first kappa shape index (κ1) is 11.5. The largest absolute Gasteiger partial charge is 0.385 e. The lowest BCUT2D eigenvalue weighted by Crippen LogP contribution is -2.11. The van der Waals surface area contributed by atoms with Gasteiger partial charge in [-0.05, 0) is 64.7 Å². The SMILES string of the molecule is Brc1cccnc1Nc1ccc2c(c1)CCCN2. The number of anilines is 3. The Labute approximate surface area is 115 Å². The fraction of sp³-hybridized carbons (Fsp3) is 0.214. The zero-order valence-electron chi connectivity index (χ0n) is 9.91. The van der Waals surface area contributed by atoms with Gasteiger partial charge >= 0.3 is 0 Å². The van der Waals surface area contributed by atoms with E-state index in [9.17, 15) is 0 Å². The van der Waals surface area contributed by atoms with E-state index in [0.29, 0.717) is 0 Å².